The molecule has 9 heteroatoms. The maximum Gasteiger partial charge on any atom is 0.309 e. The number of esters is 1. The quantitative estimate of drug-likeness (QED) is 0.644. The maximum atomic E-state index is 13.0. The first-order valence-corrected chi connectivity index (χ1v) is 11.5. The molecular formula is C20H28N2O6S. The molecule has 1 aliphatic carbocycles. The van der Waals surface area contributed by atoms with E-state index in [2.05, 4.69) is 5.32 Å². The van der Waals surface area contributed by atoms with Crippen LogP contribution in [-0.2, 0) is 24.3 Å². The van der Waals surface area contributed by atoms with Crippen LogP contribution < -0.4 is 10.1 Å². The number of amides is 1. The summed E-state index contributed by atoms with van der Waals surface area (Å²) in [7, 11) is -3.65. The summed E-state index contributed by atoms with van der Waals surface area (Å²) in [5.41, 5.74) is 0.240. The number of benzene rings is 1. The van der Waals surface area contributed by atoms with Gasteiger partial charge < -0.3 is 14.8 Å². The van der Waals surface area contributed by atoms with E-state index < -0.39 is 22.5 Å². The van der Waals surface area contributed by atoms with Gasteiger partial charge in [-0.3, -0.25) is 9.59 Å². The molecule has 1 saturated carbocycles. The van der Waals surface area contributed by atoms with Gasteiger partial charge in [0.1, 0.15) is 5.75 Å². The number of carbonyl (C=O) groups is 2. The number of piperidine rings is 1. The zero-order valence-corrected chi connectivity index (χ0v) is 17.7. The maximum absolute atomic E-state index is 13.0. The van der Waals surface area contributed by atoms with Crippen LogP contribution >= 0.6 is 0 Å². The van der Waals surface area contributed by atoms with Crippen molar-refractivity contribution >= 4 is 27.6 Å². The molecule has 1 aromatic carbocycles. The Morgan fingerprint density at radius 3 is 2.48 bits per heavy atom. The molecule has 0 bridgehead atoms. The summed E-state index contributed by atoms with van der Waals surface area (Å²) in [5.74, 6) is -0.652. The molecule has 0 radical (unpaired) electrons. The van der Waals surface area contributed by atoms with Crippen molar-refractivity contribution in [2.75, 3.05) is 25.0 Å². The summed E-state index contributed by atoms with van der Waals surface area (Å²) in [6.07, 6.45) is 4.12. The van der Waals surface area contributed by atoms with Crippen molar-refractivity contribution in [3.05, 3.63) is 18.2 Å². The first-order chi connectivity index (χ1) is 13.8. The van der Waals surface area contributed by atoms with Crippen molar-refractivity contribution in [2.24, 2.45) is 5.92 Å². The number of carbonyl (C=O) groups excluding carboxylic acids is 2. The van der Waals surface area contributed by atoms with Crippen LogP contribution in [0.4, 0.5) is 5.69 Å². The van der Waals surface area contributed by atoms with E-state index in [-0.39, 0.29) is 28.6 Å². The third kappa shape index (κ3) is 5.70. The van der Waals surface area contributed by atoms with Crippen molar-refractivity contribution in [1.29, 1.82) is 0 Å². The van der Waals surface area contributed by atoms with Crippen LogP contribution in [0.15, 0.2) is 23.1 Å². The van der Waals surface area contributed by atoms with Crippen LogP contribution in [0.2, 0.25) is 0 Å². The second-order valence-corrected chi connectivity index (χ2v) is 9.66. The largest absolute Gasteiger partial charge is 0.489 e. The molecule has 1 aliphatic heterocycles. The topological polar surface area (TPSA) is 102 Å². The Hall–Kier alpha value is -2.13. The van der Waals surface area contributed by atoms with Gasteiger partial charge in [0, 0.05) is 13.1 Å². The molecule has 3 rings (SSSR count). The molecule has 29 heavy (non-hydrogen) atoms. The molecule has 160 valence electrons. The van der Waals surface area contributed by atoms with Gasteiger partial charge in [0.25, 0.3) is 5.91 Å². The SMILES string of the molecule is CC(C)Oc1ccc(S(=O)(=O)N2CCCCC2)cc1NC(=O)COC(=O)C1CC1. The lowest BCUT2D eigenvalue weighted by Gasteiger charge is -2.26. The summed E-state index contributed by atoms with van der Waals surface area (Å²) >= 11 is 0. The van der Waals surface area contributed by atoms with Gasteiger partial charge in [-0.05, 0) is 57.7 Å². The lowest BCUT2D eigenvalue weighted by Crippen LogP contribution is -2.35. The van der Waals surface area contributed by atoms with Crippen LogP contribution in [-0.4, -0.2) is 50.4 Å². The second-order valence-electron chi connectivity index (χ2n) is 7.72. The Morgan fingerprint density at radius 2 is 1.86 bits per heavy atom. The van der Waals surface area contributed by atoms with Gasteiger partial charge in [-0.1, -0.05) is 6.42 Å². The van der Waals surface area contributed by atoms with Crippen LogP contribution in [0.5, 0.6) is 5.75 Å². The monoisotopic (exact) mass is 424 g/mol. The summed E-state index contributed by atoms with van der Waals surface area (Å²) in [5, 5.41) is 2.62. The molecular weight excluding hydrogens is 396 g/mol. The average molecular weight is 425 g/mol. The van der Waals surface area contributed by atoms with E-state index in [1.54, 1.807) is 6.07 Å². The van der Waals surface area contributed by atoms with E-state index in [1.165, 1.54) is 16.4 Å². The highest BCUT2D eigenvalue weighted by Crippen LogP contribution is 2.32. The summed E-state index contributed by atoms with van der Waals surface area (Å²) in [6.45, 7) is 4.24. The highest BCUT2D eigenvalue weighted by Gasteiger charge is 2.32. The molecule has 0 spiro atoms. The Labute approximate surface area is 171 Å². The normalized spacial score (nSPS) is 17.8. The fraction of sp³-hybridized carbons (Fsp3) is 0.600. The Balaban J connectivity index is 1.77. The predicted molar refractivity (Wildman–Crippen MR) is 107 cm³/mol. The summed E-state index contributed by atoms with van der Waals surface area (Å²) in [6, 6.07) is 4.44. The van der Waals surface area contributed by atoms with Crippen molar-refractivity contribution < 1.29 is 27.5 Å². The van der Waals surface area contributed by atoms with Crippen LogP contribution in [0, 0.1) is 5.92 Å². The van der Waals surface area contributed by atoms with E-state index in [4.69, 9.17) is 9.47 Å². The minimum Gasteiger partial charge on any atom is -0.489 e. The molecule has 0 aromatic heterocycles. The molecule has 1 heterocycles. The Morgan fingerprint density at radius 1 is 1.17 bits per heavy atom. The molecule has 2 aliphatic rings. The lowest BCUT2D eigenvalue weighted by molar-refractivity contribution is -0.148. The van der Waals surface area contributed by atoms with Gasteiger partial charge in [-0.2, -0.15) is 4.31 Å². The highest BCUT2D eigenvalue weighted by molar-refractivity contribution is 7.89. The number of nitrogens with one attached hydrogen (secondary N) is 1. The van der Waals surface area contributed by atoms with E-state index in [9.17, 15) is 18.0 Å². The van der Waals surface area contributed by atoms with Crippen molar-refractivity contribution in [3.8, 4) is 5.75 Å². The second kappa shape index (κ2) is 9.13. The minimum atomic E-state index is -3.65. The third-order valence-electron chi connectivity index (χ3n) is 4.80. The highest BCUT2D eigenvalue weighted by atomic mass is 32.2. The fourth-order valence-electron chi connectivity index (χ4n) is 3.14. The molecule has 1 saturated heterocycles. The van der Waals surface area contributed by atoms with Gasteiger partial charge in [-0.25, -0.2) is 8.42 Å². The van der Waals surface area contributed by atoms with E-state index >= 15 is 0 Å². The van der Waals surface area contributed by atoms with Crippen molar-refractivity contribution in [2.45, 2.75) is 57.0 Å². The van der Waals surface area contributed by atoms with Crippen LogP contribution in [0.25, 0.3) is 0 Å². The van der Waals surface area contributed by atoms with Gasteiger partial charge in [-0.15, -0.1) is 0 Å². The molecule has 2 fully saturated rings. The number of sulfonamides is 1. The first kappa shape index (κ1) is 21.6. The van der Waals surface area contributed by atoms with Crippen molar-refractivity contribution in [1.82, 2.24) is 4.31 Å². The Kier molecular flexibility index (Phi) is 6.79. The number of hydrogen-bond donors (Lipinski definition) is 1. The minimum absolute atomic E-state index is 0.0966. The predicted octanol–water partition coefficient (Wildman–Crippen LogP) is 2.54. The molecule has 1 amide bonds. The molecule has 0 unspecified atom stereocenters. The zero-order chi connectivity index (χ0) is 21.0. The molecule has 1 N–H and O–H groups in total. The molecule has 0 atom stereocenters. The van der Waals surface area contributed by atoms with Crippen molar-refractivity contribution in [3.63, 3.8) is 0 Å². The Bertz CT molecular complexity index is 858. The number of nitrogens with zero attached hydrogens (tertiary/aromatic N) is 1. The third-order valence-corrected chi connectivity index (χ3v) is 6.69. The summed E-state index contributed by atoms with van der Waals surface area (Å²) < 4.78 is 38.1. The zero-order valence-electron chi connectivity index (χ0n) is 16.8. The van der Waals surface area contributed by atoms with Gasteiger partial charge in [0.15, 0.2) is 6.61 Å². The van der Waals surface area contributed by atoms with Crippen LogP contribution in [0.3, 0.4) is 0 Å². The van der Waals surface area contributed by atoms with E-state index in [0.717, 1.165) is 32.1 Å². The number of hydrogen-bond acceptors (Lipinski definition) is 6. The molecule has 8 nitrogen and oxygen atoms in total. The van der Waals surface area contributed by atoms with Gasteiger partial charge in [0.05, 0.1) is 22.6 Å². The smallest absolute Gasteiger partial charge is 0.309 e. The fourth-order valence-corrected chi connectivity index (χ4v) is 4.68. The number of anilines is 1. The standard InChI is InChI=1S/C20H28N2O6S/c1-14(2)28-18-9-8-16(29(25,26)22-10-4-3-5-11-22)12-17(18)21-19(23)13-27-20(24)15-6-7-15/h8-9,12,14-15H,3-7,10-11,13H2,1-2H3,(H,21,23). The number of ether oxygens (including phenoxy) is 2. The van der Waals surface area contributed by atoms with Crippen LogP contribution in [0.1, 0.15) is 46.0 Å². The summed E-state index contributed by atoms with van der Waals surface area (Å²) in [4.78, 5) is 24.0. The lowest BCUT2D eigenvalue weighted by atomic mass is 10.2. The number of rotatable bonds is 8. The van der Waals surface area contributed by atoms with Gasteiger partial charge >= 0.3 is 5.97 Å². The first-order valence-electron chi connectivity index (χ1n) is 10.0. The van der Waals surface area contributed by atoms with E-state index in [0.29, 0.717) is 18.8 Å². The molecule has 1 aromatic rings. The average Bonchev–Trinajstić information content (AvgIpc) is 3.53. The van der Waals surface area contributed by atoms with E-state index in [1.807, 2.05) is 13.8 Å². The van der Waals surface area contributed by atoms with Gasteiger partial charge in [0.2, 0.25) is 10.0 Å².